The Morgan fingerprint density at radius 1 is 1.00 bits per heavy atom. The summed E-state index contributed by atoms with van der Waals surface area (Å²) >= 11 is 0. The van der Waals surface area contributed by atoms with Crippen LogP contribution in [-0.4, -0.2) is 6.61 Å². The van der Waals surface area contributed by atoms with Gasteiger partial charge in [-0.15, -0.1) is 4.18 Å². The molecule has 0 aliphatic rings. The molecule has 1 atom stereocenters. The van der Waals surface area contributed by atoms with E-state index in [1.165, 1.54) is 6.92 Å². The molecule has 0 aromatic heterocycles. The van der Waals surface area contributed by atoms with Gasteiger partial charge in [0.25, 0.3) is 4.90 Å². The van der Waals surface area contributed by atoms with Gasteiger partial charge in [-0.1, -0.05) is 0 Å². The molecule has 1 aromatic carbocycles. The van der Waals surface area contributed by atoms with Crippen LogP contribution in [0.4, 0.5) is 30.7 Å². The minimum absolute atomic E-state index is 0.157. The lowest BCUT2D eigenvalue weighted by Gasteiger charge is -2.11. The highest BCUT2D eigenvalue weighted by Gasteiger charge is 2.46. The highest BCUT2D eigenvalue weighted by Crippen LogP contribution is 2.39. The molecule has 108 valence electrons. The molecule has 0 bridgehead atoms. The van der Waals surface area contributed by atoms with E-state index in [9.17, 15) is 30.7 Å². The fourth-order valence-electron chi connectivity index (χ4n) is 1.16. The summed E-state index contributed by atoms with van der Waals surface area (Å²) in [5, 5.41) is 0. The first kappa shape index (κ1) is 16.4. The first-order valence-electron chi connectivity index (χ1n) is 4.59. The molecule has 0 fully saturated rings. The van der Waals surface area contributed by atoms with Crippen molar-refractivity contribution in [2.45, 2.75) is 18.0 Å². The number of halogens is 8. The van der Waals surface area contributed by atoms with Gasteiger partial charge in [-0.2, -0.15) is 22.0 Å². The van der Waals surface area contributed by atoms with Crippen LogP contribution < -0.4 is 0 Å². The molecule has 0 N–H and O–H groups in total. The molecule has 0 saturated carbocycles. The van der Waals surface area contributed by atoms with Gasteiger partial charge >= 0.3 is 16.6 Å². The van der Waals surface area contributed by atoms with Gasteiger partial charge in [0.05, 0.1) is 0 Å². The SMILES string of the molecule is CCO[S+](Cl)c1c(F)c(F)c(C(F)(F)F)c(F)c1F. The lowest BCUT2D eigenvalue weighted by Crippen LogP contribution is -2.18. The lowest BCUT2D eigenvalue weighted by molar-refractivity contribution is -0.143. The van der Waals surface area contributed by atoms with Crippen molar-refractivity contribution < 1.29 is 34.9 Å². The van der Waals surface area contributed by atoms with E-state index in [0.29, 0.717) is 0 Å². The molecule has 19 heavy (non-hydrogen) atoms. The van der Waals surface area contributed by atoms with Crippen LogP contribution in [0, 0.1) is 23.3 Å². The van der Waals surface area contributed by atoms with Gasteiger partial charge in [0.2, 0.25) is 22.3 Å². The van der Waals surface area contributed by atoms with Crippen LogP contribution in [0.25, 0.3) is 0 Å². The maximum absolute atomic E-state index is 13.4. The van der Waals surface area contributed by atoms with Crippen molar-refractivity contribution in [2.24, 2.45) is 0 Å². The molecule has 0 aliphatic carbocycles. The normalized spacial score (nSPS) is 13.7. The third kappa shape index (κ3) is 3.09. The number of alkyl halides is 3. The molecule has 1 rings (SSSR count). The zero-order valence-electron chi connectivity index (χ0n) is 9.05. The number of hydrogen-bond acceptors (Lipinski definition) is 1. The lowest BCUT2D eigenvalue weighted by atomic mass is 10.1. The van der Waals surface area contributed by atoms with Crippen LogP contribution >= 0.6 is 10.7 Å². The smallest absolute Gasteiger partial charge is 0.203 e. The topological polar surface area (TPSA) is 9.23 Å². The van der Waals surface area contributed by atoms with E-state index in [1.807, 2.05) is 0 Å². The molecule has 0 heterocycles. The second-order valence-electron chi connectivity index (χ2n) is 3.09. The second-order valence-corrected chi connectivity index (χ2v) is 5.02. The van der Waals surface area contributed by atoms with Crippen molar-refractivity contribution in [3.63, 3.8) is 0 Å². The highest BCUT2D eigenvalue weighted by molar-refractivity contribution is 8.14. The van der Waals surface area contributed by atoms with E-state index in [0.717, 1.165) is 0 Å². The maximum atomic E-state index is 13.4. The molecule has 0 saturated heterocycles. The van der Waals surface area contributed by atoms with Gasteiger partial charge in [0.1, 0.15) is 12.2 Å². The zero-order valence-corrected chi connectivity index (χ0v) is 10.6. The van der Waals surface area contributed by atoms with E-state index in [2.05, 4.69) is 4.18 Å². The average Bonchev–Trinajstić information content (AvgIpc) is 2.25. The summed E-state index contributed by atoms with van der Waals surface area (Å²) in [6.45, 7) is 1.21. The van der Waals surface area contributed by atoms with Gasteiger partial charge in [-0.25, -0.2) is 8.78 Å². The summed E-state index contributed by atoms with van der Waals surface area (Å²) in [6, 6.07) is 0. The predicted molar refractivity (Wildman–Crippen MR) is 54.4 cm³/mol. The molecule has 0 amide bonds. The van der Waals surface area contributed by atoms with Crippen molar-refractivity contribution in [3.05, 3.63) is 28.8 Å². The maximum Gasteiger partial charge on any atom is 0.422 e. The Bertz CT molecular complexity index is 461. The summed E-state index contributed by atoms with van der Waals surface area (Å²) in [7, 11) is 3.10. The Kier molecular flexibility index (Phi) is 4.97. The summed E-state index contributed by atoms with van der Waals surface area (Å²) in [5.41, 5.74) is -2.64. The Labute approximate surface area is 110 Å². The molecule has 10 heteroatoms. The monoisotopic (exact) mass is 329 g/mol. The third-order valence-corrected chi connectivity index (χ3v) is 3.74. The number of rotatable bonds is 3. The van der Waals surface area contributed by atoms with Crippen molar-refractivity contribution in [1.82, 2.24) is 0 Å². The molecule has 1 aromatic rings. The van der Waals surface area contributed by atoms with Crippen molar-refractivity contribution >= 4 is 21.1 Å². The van der Waals surface area contributed by atoms with Crippen LogP contribution in [0.15, 0.2) is 4.90 Å². The average molecular weight is 330 g/mol. The van der Waals surface area contributed by atoms with Gasteiger partial charge in [0.15, 0.2) is 11.6 Å². The second kappa shape index (κ2) is 5.76. The van der Waals surface area contributed by atoms with Crippen LogP contribution in [0.2, 0.25) is 0 Å². The van der Waals surface area contributed by atoms with E-state index >= 15 is 0 Å². The largest absolute Gasteiger partial charge is 0.422 e. The summed E-state index contributed by atoms with van der Waals surface area (Å²) in [6.07, 6.45) is -5.58. The fraction of sp³-hybridized carbons (Fsp3) is 0.333. The molecule has 1 nitrogen and oxygen atoms in total. The minimum atomic E-state index is -5.58. The third-order valence-electron chi connectivity index (χ3n) is 1.89. The summed E-state index contributed by atoms with van der Waals surface area (Å²) < 4.78 is 94.5. The zero-order chi connectivity index (χ0) is 15.0. The molecule has 0 radical (unpaired) electrons. The fourth-order valence-corrected chi connectivity index (χ4v) is 2.62. The first-order valence-corrected chi connectivity index (χ1v) is 6.57. The Balaban J connectivity index is 3.57. The quantitative estimate of drug-likeness (QED) is 0.455. The van der Waals surface area contributed by atoms with E-state index in [-0.39, 0.29) is 6.61 Å². The van der Waals surface area contributed by atoms with Crippen molar-refractivity contribution in [2.75, 3.05) is 6.61 Å². The van der Waals surface area contributed by atoms with E-state index in [4.69, 9.17) is 10.7 Å². The number of hydrogen-bond donors (Lipinski definition) is 0. The molecule has 1 unspecified atom stereocenters. The van der Waals surface area contributed by atoms with Gasteiger partial charge < -0.3 is 0 Å². The standard InChI is InChI=1S/C9H5ClF7OS/c1-2-18-19(10)8-6(13)4(11)3(9(15,16)17)5(12)7(8)14/h2H2,1H3/q+1. The summed E-state index contributed by atoms with van der Waals surface area (Å²) in [5.74, 6) is -9.56. The van der Waals surface area contributed by atoms with Crippen molar-refractivity contribution in [1.29, 1.82) is 0 Å². The Morgan fingerprint density at radius 3 is 1.74 bits per heavy atom. The van der Waals surface area contributed by atoms with Crippen LogP contribution in [-0.2, 0) is 20.7 Å². The van der Waals surface area contributed by atoms with Crippen LogP contribution in [0.1, 0.15) is 12.5 Å². The minimum Gasteiger partial charge on any atom is -0.203 e. The van der Waals surface area contributed by atoms with E-state index in [1.54, 1.807) is 0 Å². The van der Waals surface area contributed by atoms with Crippen LogP contribution in [0.3, 0.4) is 0 Å². The molecular formula is C9H5ClF7OS+. The Morgan fingerprint density at radius 2 is 1.42 bits per heavy atom. The first-order chi connectivity index (χ1) is 8.62. The van der Waals surface area contributed by atoms with Crippen LogP contribution in [0.5, 0.6) is 0 Å². The van der Waals surface area contributed by atoms with Gasteiger partial charge in [-0.05, 0) is 6.92 Å². The Hall–Kier alpha value is -0.670. The van der Waals surface area contributed by atoms with E-state index < -0.39 is 50.3 Å². The van der Waals surface area contributed by atoms with Gasteiger partial charge in [-0.3, -0.25) is 0 Å². The predicted octanol–water partition coefficient (Wildman–Crippen LogP) is 4.34. The number of benzene rings is 1. The molecule has 0 aliphatic heterocycles. The van der Waals surface area contributed by atoms with Gasteiger partial charge in [0, 0.05) is 0 Å². The van der Waals surface area contributed by atoms with Crippen molar-refractivity contribution in [3.8, 4) is 0 Å². The molecular weight excluding hydrogens is 325 g/mol. The highest BCUT2D eigenvalue weighted by atomic mass is 35.7. The molecule has 0 spiro atoms. The summed E-state index contributed by atoms with van der Waals surface area (Å²) in [4.78, 5) is -1.41.